The van der Waals surface area contributed by atoms with Gasteiger partial charge in [0.25, 0.3) is 0 Å². The van der Waals surface area contributed by atoms with Crippen LogP contribution in [0.3, 0.4) is 0 Å². The van der Waals surface area contributed by atoms with Gasteiger partial charge >= 0.3 is 6.09 Å². The molecule has 0 unspecified atom stereocenters. The predicted molar refractivity (Wildman–Crippen MR) is 150 cm³/mol. The molecule has 0 radical (unpaired) electrons. The summed E-state index contributed by atoms with van der Waals surface area (Å²) in [5, 5.41) is 21.2. The van der Waals surface area contributed by atoms with E-state index in [0.717, 1.165) is 75.1 Å². The van der Waals surface area contributed by atoms with Crippen LogP contribution in [-0.2, 0) is 6.54 Å². The average Bonchev–Trinajstić information content (AvgIpc) is 3.27. The fourth-order valence-corrected chi connectivity index (χ4v) is 5.87. The summed E-state index contributed by atoms with van der Waals surface area (Å²) in [6.45, 7) is 11.4. The summed E-state index contributed by atoms with van der Waals surface area (Å²) in [5.41, 5.74) is 2.45. The molecule has 3 N–H and O–H groups in total. The molecule has 1 aliphatic heterocycles. The fourth-order valence-electron chi connectivity index (χ4n) is 5.87. The van der Waals surface area contributed by atoms with Gasteiger partial charge in [0.15, 0.2) is 5.65 Å². The number of fused-ring (bicyclic) bond motifs is 1. The Kier molecular flexibility index (Phi) is 7.17. The second-order valence-corrected chi connectivity index (χ2v) is 12.0. The van der Waals surface area contributed by atoms with E-state index in [1.807, 2.05) is 17.1 Å². The van der Waals surface area contributed by atoms with Crippen LogP contribution >= 0.6 is 0 Å². The standard InChI is InChI=1S/C28H40N8O2/c1-27(2,3)28(33-26(37)38)11-9-20(10-12-28)19-36-24-21(18-30-36)17-29-25(32-24)31-22-5-7-23(8-6-22)35-15-13-34(4)14-16-35/h5-8,17-18,20,33H,9-16,19H2,1-4H3,(H,37,38)(H,29,31,32). The molecule has 3 aromatic rings. The van der Waals surface area contributed by atoms with E-state index in [0.29, 0.717) is 11.9 Å². The van der Waals surface area contributed by atoms with Gasteiger partial charge in [0, 0.05) is 55.8 Å². The zero-order valence-electron chi connectivity index (χ0n) is 22.9. The molecule has 10 heteroatoms. The van der Waals surface area contributed by atoms with E-state index in [1.165, 1.54) is 5.69 Å². The van der Waals surface area contributed by atoms with Gasteiger partial charge in [-0.1, -0.05) is 20.8 Å². The molecular weight excluding hydrogens is 480 g/mol. The first kappa shape index (κ1) is 26.2. The number of hydrogen-bond donors (Lipinski definition) is 3. The molecule has 3 heterocycles. The van der Waals surface area contributed by atoms with Crippen molar-refractivity contribution in [2.75, 3.05) is 43.4 Å². The molecule has 0 spiro atoms. The van der Waals surface area contributed by atoms with Crippen LogP contribution in [0.15, 0.2) is 36.7 Å². The maximum Gasteiger partial charge on any atom is 0.405 e. The highest BCUT2D eigenvalue weighted by molar-refractivity contribution is 5.75. The average molecular weight is 521 g/mol. The molecular formula is C28H40N8O2. The minimum Gasteiger partial charge on any atom is -0.465 e. The van der Waals surface area contributed by atoms with E-state index in [4.69, 9.17) is 4.98 Å². The van der Waals surface area contributed by atoms with E-state index in [-0.39, 0.29) is 5.41 Å². The van der Waals surface area contributed by atoms with Crippen molar-refractivity contribution in [1.82, 2.24) is 30.0 Å². The van der Waals surface area contributed by atoms with E-state index in [9.17, 15) is 9.90 Å². The molecule has 38 heavy (non-hydrogen) atoms. The number of piperazine rings is 1. The predicted octanol–water partition coefficient (Wildman–Crippen LogP) is 4.56. The summed E-state index contributed by atoms with van der Waals surface area (Å²) in [4.78, 5) is 25.6. The molecule has 1 aliphatic carbocycles. The van der Waals surface area contributed by atoms with Gasteiger partial charge in [0.1, 0.15) is 0 Å². The highest BCUT2D eigenvalue weighted by Crippen LogP contribution is 2.44. The van der Waals surface area contributed by atoms with Gasteiger partial charge in [0.2, 0.25) is 5.95 Å². The van der Waals surface area contributed by atoms with Crippen LogP contribution in [0.5, 0.6) is 0 Å². The maximum absolute atomic E-state index is 11.5. The van der Waals surface area contributed by atoms with Gasteiger partial charge < -0.3 is 25.5 Å². The fraction of sp³-hybridized carbons (Fsp3) is 0.571. The Labute approximate surface area is 224 Å². The summed E-state index contributed by atoms with van der Waals surface area (Å²) in [7, 11) is 2.17. The van der Waals surface area contributed by atoms with Crippen LogP contribution in [0.2, 0.25) is 0 Å². The Morgan fingerprint density at radius 2 is 1.76 bits per heavy atom. The number of benzene rings is 1. The van der Waals surface area contributed by atoms with Gasteiger partial charge in [-0.2, -0.15) is 10.1 Å². The largest absolute Gasteiger partial charge is 0.465 e. The Bertz CT molecular complexity index is 1250. The summed E-state index contributed by atoms with van der Waals surface area (Å²) in [6, 6.07) is 8.45. The van der Waals surface area contributed by atoms with Crippen LogP contribution in [0.1, 0.15) is 46.5 Å². The van der Waals surface area contributed by atoms with Crippen LogP contribution in [0, 0.1) is 11.3 Å². The topological polar surface area (TPSA) is 111 Å². The number of amides is 1. The molecule has 1 saturated heterocycles. The van der Waals surface area contributed by atoms with Crippen LogP contribution in [0.25, 0.3) is 11.0 Å². The first-order chi connectivity index (χ1) is 18.1. The van der Waals surface area contributed by atoms with Crippen LogP contribution < -0.4 is 15.5 Å². The Morgan fingerprint density at radius 3 is 2.39 bits per heavy atom. The minimum absolute atomic E-state index is 0.148. The number of carboxylic acid groups (broad SMARTS) is 1. The van der Waals surface area contributed by atoms with Gasteiger partial charge in [-0.3, -0.25) is 0 Å². The highest BCUT2D eigenvalue weighted by Gasteiger charge is 2.45. The van der Waals surface area contributed by atoms with E-state index < -0.39 is 11.6 Å². The lowest BCUT2D eigenvalue weighted by atomic mass is 9.63. The van der Waals surface area contributed by atoms with E-state index in [1.54, 1.807) is 0 Å². The van der Waals surface area contributed by atoms with E-state index >= 15 is 0 Å². The van der Waals surface area contributed by atoms with Crippen molar-refractivity contribution in [3.05, 3.63) is 36.7 Å². The first-order valence-corrected chi connectivity index (χ1v) is 13.6. The zero-order valence-corrected chi connectivity index (χ0v) is 22.9. The van der Waals surface area contributed by atoms with Crippen molar-refractivity contribution in [1.29, 1.82) is 0 Å². The number of nitrogens with one attached hydrogen (secondary N) is 2. The second-order valence-electron chi connectivity index (χ2n) is 12.0. The third-order valence-corrected chi connectivity index (χ3v) is 8.54. The quantitative estimate of drug-likeness (QED) is 0.434. The molecule has 1 aromatic carbocycles. The molecule has 5 rings (SSSR count). The number of hydrogen-bond acceptors (Lipinski definition) is 7. The maximum atomic E-state index is 11.5. The molecule has 10 nitrogen and oxygen atoms in total. The van der Waals surface area contributed by atoms with Gasteiger partial charge in [-0.05, 0) is 68.3 Å². The van der Waals surface area contributed by atoms with Crippen molar-refractivity contribution in [3.63, 3.8) is 0 Å². The minimum atomic E-state index is -0.942. The highest BCUT2D eigenvalue weighted by atomic mass is 16.4. The van der Waals surface area contributed by atoms with Crippen molar-refractivity contribution in [3.8, 4) is 0 Å². The molecule has 2 aromatic heterocycles. The number of anilines is 3. The Balaban J connectivity index is 1.24. The molecule has 0 atom stereocenters. The molecule has 2 fully saturated rings. The summed E-state index contributed by atoms with van der Waals surface area (Å²) >= 11 is 0. The van der Waals surface area contributed by atoms with Gasteiger partial charge in [-0.15, -0.1) is 0 Å². The van der Waals surface area contributed by atoms with Crippen molar-refractivity contribution < 1.29 is 9.90 Å². The second kappa shape index (κ2) is 10.4. The van der Waals surface area contributed by atoms with Crippen molar-refractivity contribution in [2.45, 2.75) is 58.5 Å². The Hall–Kier alpha value is -3.40. The smallest absolute Gasteiger partial charge is 0.405 e. The van der Waals surface area contributed by atoms with Crippen LogP contribution in [-0.4, -0.2) is 74.6 Å². The number of likely N-dealkylation sites (N-methyl/N-ethyl adjacent to an activating group) is 1. The van der Waals surface area contributed by atoms with Gasteiger partial charge in [-0.25, -0.2) is 14.5 Å². The third kappa shape index (κ3) is 5.55. The summed E-state index contributed by atoms with van der Waals surface area (Å²) in [6.07, 6.45) is 6.20. The monoisotopic (exact) mass is 520 g/mol. The third-order valence-electron chi connectivity index (χ3n) is 8.54. The zero-order chi connectivity index (χ0) is 26.9. The Morgan fingerprint density at radius 1 is 1.08 bits per heavy atom. The number of carbonyl (C=O) groups is 1. The summed E-state index contributed by atoms with van der Waals surface area (Å²) < 4.78 is 1.97. The van der Waals surface area contributed by atoms with Crippen molar-refractivity contribution in [2.24, 2.45) is 11.3 Å². The number of aromatic nitrogens is 4. The number of rotatable bonds is 6. The normalized spacial score (nSPS) is 22.9. The molecule has 204 valence electrons. The molecule has 1 amide bonds. The lowest BCUT2D eigenvalue weighted by Crippen LogP contribution is -2.58. The summed E-state index contributed by atoms with van der Waals surface area (Å²) in [5.74, 6) is 0.963. The lowest BCUT2D eigenvalue weighted by molar-refractivity contribution is 0.0639. The van der Waals surface area contributed by atoms with Crippen molar-refractivity contribution >= 4 is 34.4 Å². The van der Waals surface area contributed by atoms with E-state index in [2.05, 4.69) is 82.6 Å². The van der Waals surface area contributed by atoms with Gasteiger partial charge in [0.05, 0.1) is 11.6 Å². The molecule has 0 bridgehead atoms. The molecule has 2 aliphatic rings. The number of nitrogens with zero attached hydrogens (tertiary/aromatic N) is 6. The SMILES string of the molecule is CN1CCN(c2ccc(Nc3ncc4cnn(CC5CCC(NC(=O)O)(C(C)(C)C)CC5)c4n3)cc2)CC1. The first-order valence-electron chi connectivity index (χ1n) is 13.6. The molecule has 1 saturated carbocycles. The lowest BCUT2D eigenvalue weighted by Gasteiger charge is -2.49. The van der Waals surface area contributed by atoms with Crippen LogP contribution in [0.4, 0.5) is 22.1 Å².